The lowest BCUT2D eigenvalue weighted by Crippen LogP contribution is -2.34. The van der Waals surface area contributed by atoms with Gasteiger partial charge in [0.25, 0.3) is 0 Å². The van der Waals surface area contributed by atoms with E-state index in [2.05, 4.69) is 38.6 Å². The van der Waals surface area contributed by atoms with Crippen molar-refractivity contribution in [2.24, 2.45) is 5.92 Å². The predicted molar refractivity (Wildman–Crippen MR) is 112 cm³/mol. The number of benzene rings is 1. The van der Waals surface area contributed by atoms with Crippen LogP contribution in [0.1, 0.15) is 24.0 Å². The number of pyridine rings is 1. The number of amides is 1. The lowest BCUT2D eigenvalue weighted by atomic mass is 9.97. The number of aryl methyl sites for hydroxylation is 2. The average Bonchev–Trinajstić information content (AvgIpc) is 3.07. The third-order valence-electron chi connectivity index (χ3n) is 4.82. The Kier molecular flexibility index (Phi) is 5.61. The minimum Gasteiger partial charge on any atom is -0.302 e. The highest BCUT2D eigenvalue weighted by atomic mass is 32.2. The van der Waals surface area contributed by atoms with Crippen LogP contribution in [0.25, 0.3) is 10.2 Å². The largest absolute Gasteiger partial charge is 0.302 e. The van der Waals surface area contributed by atoms with E-state index in [9.17, 15) is 9.18 Å². The maximum Gasteiger partial charge on any atom is 0.229 e. The van der Waals surface area contributed by atoms with Gasteiger partial charge in [-0.05, 0) is 68.0 Å². The highest BCUT2D eigenvalue weighted by Gasteiger charge is 2.27. The normalized spacial score (nSPS) is 15.8. The number of rotatable bonds is 4. The number of fused-ring (bicyclic) bond motifs is 1. The van der Waals surface area contributed by atoms with Crippen LogP contribution in [0.15, 0.2) is 35.5 Å². The van der Waals surface area contributed by atoms with Crippen LogP contribution in [0.3, 0.4) is 0 Å². The molecule has 146 valence electrons. The lowest BCUT2D eigenvalue weighted by Gasteiger charge is -2.29. The van der Waals surface area contributed by atoms with Gasteiger partial charge in [0.2, 0.25) is 5.91 Å². The van der Waals surface area contributed by atoms with Crippen molar-refractivity contribution in [3.63, 3.8) is 0 Å². The molecule has 1 N–H and O–H groups in total. The second kappa shape index (κ2) is 8.14. The fraction of sp³-hybridized carbons (Fsp3) is 0.350. The summed E-state index contributed by atoms with van der Waals surface area (Å²) < 4.78 is 16.9. The van der Waals surface area contributed by atoms with Crippen LogP contribution < -0.4 is 5.32 Å². The monoisotopic (exact) mass is 416 g/mol. The van der Waals surface area contributed by atoms with Crippen LogP contribution in [-0.4, -0.2) is 33.3 Å². The summed E-state index contributed by atoms with van der Waals surface area (Å²) in [6, 6.07) is 7.20. The maximum atomic E-state index is 13.8. The van der Waals surface area contributed by atoms with Gasteiger partial charge in [-0.15, -0.1) is 0 Å². The lowest BCUT2D eigenvalue weighted by molar-refractivity contribution is -0.120. The number of carbonyl (C=O) groups excluding carboxylic acids is 1. The van der Waals surface area contributed by atoms with Crippen LogP contribution in [0, 0.1) is 25.6 Å². The molecule has 1 aromatic carbocycles. The van der Waals surface area contributed by atoms with Crippen molar-refractivity contribution >= 4 is 44.5 Å². The molecule has 1 fully saturated rings. The first-order chi connectivity index (χ1) is 13.5. The third-order valence-corrected chi connectivity index (χ3v) is 6.84. The molecule has 0 atom stereocenters. The van der Waals surface area contributed by atoms with E-state index in [1.54, 1.807) is 12.3 Å². The number of piperidine rings is 1. The first-order valence-electron chi connectivity index (χ1n) is 9.21. The Labute approximate surface area is 171 Å². The number of hydrogen-bond donors (Lipinski definition) is 1. The van der Waals surface area contributed by atoms with E-state index in [1.807, 2.05) is 6.92 Å². The molecule has 1 amide bonds. The summed E-state index contributed by atoms with van der Waals surface area (Å²) in [7, 11) is 0. The number of anilines is 1. The van der Waals surface area contributed by atoms with Crippen molar-refractivity contribution in [2.45, 2.75) is 31.7 Å². The van der Waals surface area contributed by atoms with Crippen LogP contribution in [0.2, 0.25) is 0 Å². The second-order valence-corrected chi connectivity index (χ2v) is 9.14. The van der Waals surface area contributed by atoms with E-state index >= 15 is 0 Å². The molecule has 3 heterocycles. The summed E-state index contributed by atoms with van der Waals surface area (Å²) in [6.07, 6.45) is 3.06. The number of thiazole rings is 1. The first-order valence-corrected chi connectivity index (χ1v) is 10.8. The van der Waals surface area contributed by atoms with Crippen LogP contribution in [0.4, 0.5) is 9.52 Å². The van der Waals surface area contributed by atoms with E-state index < -0.39 is 0 Å². The van der Waals surface area contributed by atoms with E-state index in [1.165, 1.54) is 34.9 Å². The first kappa shape index (κ1) is 19.3. The zero-order valence-electron chi connectivity index (χ0n) is 15.7. The quantitative estimate of drug-likeness (QED) is 0.619. The summed E-state index contributed by atoms with van der Waals surface area (Å²) in [5.74, 6) is -0.351. The smallest absolute Gasteiger partial charge is 0.229 e. The number of hydrogen-bond acceptors (Lipinski definition) is 6. The zero-order valence-corrected chi connectivity index (χ0v) is 17.4. The Hall–Kier alpha value is -2.03. The zero-order chi connectivity index (χ0) is 19.7. The Balaban J connectivity index is 1.35. The van der Waals surface area contributed by atoms with Gasteiger partial charge in [0.1, 0.15) is 5.03 Å². The van der Waals surface area contributed by atoms with Crippen molar-refractivity contribution < 1.29 is 9.18 Å². The van der Waals surface area contributed by atoms with Gasteiger partial charge in [-0.1, -0.05) is 17.4 Å². The summed E-state index contributed by atoms with van der Waals surface area (Å²) >= 11 is 2.83. The van der Waals surface area contributed by atoms with E-state index in [4.69, 9.17) is 0 Å². The van der Waals surface area contributed by atoms with Gasteiger partial charge in [0.15, 0.2) is 10.9 Å². The van der Waals surface area contributed by atoms with Crippen LogP contribution in [0.5, 0.6) is 0 Å². The Morgan fingerprint density at radius 1 is 1.32 bits per heavy atom. The molecule has 8 heteroatoms. The van der Waals surface area contributed by atoms with Crippen molar-refractivity contribution in [2.75, 3.05) is 18.4 Å². The molecule has 28 heavy (non-hydrogen) atoms. The molecule has 0 radical (unpaired) electrons. The fourth-order valence-electron chi connectivity index (χ4n) is 3.40. The average molecular weight is 417 g/mol. The van der Waals surface area contributed by atoms with Gasteiger partial charge in [-0.25, -0.2) is 18.7 Å². The summed E-state index contributed by atoms with van der Waals surface area (Å²) in [4.78, 5) is 21.3. The van der Waals surface area contributed by atoms with Gasteiger partial charge >= 0.3 is 0 Å². The number of aromatic nitrogens is 2. The molecule has 3 aromatic rings. The van der Waals surface area contributed by atoms with Crippen molar-refractivity contribution in [1.82, 2.24) is 14.3 Å². The number of carbonyl (C=O) groups is 1. The molecule has 0 unspecified atom stereocenters. The Morgan fingerprint density at radius 2 is 2.11 bits per heavy atom. The minimum atomic E-state index is -0.311. The highest BCUT2D eigenvalue weighted by Crippen LogP contribution is 2.32. The molecule has 2 aromatic heterocycles. The summed E-state index contributed by atoms with van der Waals surface area (Å²) in [5.41, 5.74) is 3.27. The summed E-state index contributed by atoms with van der Waals surface area (Å²) in [5, 5.41) is 4.03. The van der Waals surface area contributed by atoms with E-state index in [0.29, 0.717) is 10.2 Å². The van der Waals surface area contributed by atoms with Gasteiger partial charge in [-0.2, -0.15) is 0 Å². The Morgan fingerprint density at radius 3 is 2.86 bits per heavy atom. The Bertz CT molecular complexity index is 1010. The second-order valence-electron chi connectivity index (χ2n) is 7.02. The highest BCUT2D eigenvalue weighted by molar-refractivity contribution is 7.97. The molecular formula is C20H21FN4OS2. The van der Waals surface area contributed by atoms with E-state index in [-0.39, 0.29) is 17.6 Å². The standard InChI is InChI=1S/C20H21FN4OS2/c1-12-10-13(2)17-16(11-12)27-20(23-17)24-18(26)14-5-8-25(9-6-14)28-19-15(21)4-3-7-22-19/h3-4,7,10-11,14H,5-6,8-9H2,1-2H3,(H,23,24,26). The molecule has 1 aliphatic rings. The molecule has 0 spiro atoms. The van der Waals surface area contributed by atoms with E-state index in [0.717, 1.165) is 41.7 Å². The molecule has 0 aliphatic carbocycles. The van der Waals surface area contributed by atoms with Gasteiger partial charge < -0.3 is 5.32 Å². The maximum absolute atomic E-state index is 13.8. The molecular weight excluding hydrogens is 395 g/mol. The van der Waals surface area contributed by atoms with Gasteiger partial charge in [0.05, 0.1) is 10.2 Å². The third kappa shape index (κ3) is 4.19. The molecule has 1 saturated heterocycles. The molecule has 0 saturated carbocycles. The summed E-state index contributed by atoms with van der Waals surface area (Å²) in [6.45, 7) is 5.54. The molecule has 5 nitrogen and oxygen atoms in total. The van der Waals surface area contributed by atoms with Gasteiger partial charge in [-0.3, -0.25) is 4.79 Å². The number of nitrogens with zero attached hydrogens (tertiary/aromatic N) is 3. The van der Waals surface area contributed by atoms with Crippen LogP contribution >= 0.6 is 23.3 Å². The van der Waals surface area contributed by atoms with Crippen molar-refractivity contribution in [3.8, 4) is 0 Å². The van der Waals surface area contributed by atoms with Crippen molar-refractivity contribution in [3.05, 3.63) is 47.4 Å². The fourth-order valence-corrected chi connectivity index (χ4v) is 5.35. The van der Waals surface area contributed by atoms with Crippen molar-refractivity contribution in [1.29, 1.82) is 0 Å². The van der Waals surface area contributed by atoms with Crippen LogP contribution in [-0.2, 0) is 4.79 Å². The molecule has 4 rings (SSSR count). The predicted octanol–water partition coefficient (Wildman–Crippen LogP) is 4.81. The topological polar surface area (TPSA) is 58.1 Å². The number of halogens is 1. The van der Waals surface area contributed by atoms with Gasteiger partial charge in [0, 0.05) is 25.2 Å². The minimum absolute atomic E-state index is 0.0158. The molecule has 0 bridgehead atoms. The SMILES string of the molecule is Cc1cc(C)c2nc(NC(=O)C3CCN(Sc4ncccc4F)CC3)sc2c1. The molecule has 1 aliphatic heterocycles. The number of nitrogens with one attached hydrogen (secondary N) is 1.